The lowest BCUT2D eigenvalue weighted by atomic mass is 9.90. The van der Waals surface area contributed by atoms with E-state index < -0.39 is 0 Å². The highest BCUT2D eigenvalue weighted by molar-refractivity contribution is 14.1. The third-order valence-corrected chi connectivity index (χ3v) is 4.16. The van der Waals surface area contributed by atoms with Gasteiger partial charge in [-0.1, -0.05) is 20.8 Å². The molecule has 0 aliphatic heterocycles. The Bertz CT molecular complexity index is 638. The van der Waals surface area contributed by atoms with Gasteiger partial charge < -0.3 is 5.32 Å². The minimum absolute atomic E-state index is 0.0324. The SMILES string of the molecule is CC(C)(C)c1cc(CNC2CC2)cc(-n2cc(I)cn2)n1. The minimum atomic E-state index is 0.0324. The molecule has 0 radical (unpaired) electrons. The molecule has 0 unspecified atom stereocenters. The molecule has 112 valence electrons. The molecule has 4 nitrogen and oxygen atoms in total. The van der Waals surface area contributed by atoms with Gasteiger partial charge in [-0.3, -0.25) is 0 Å². The van der Waals surface area contributed by atoms with Crippen molar-refractivity contribution < 1.29 is 0 Å². The second-order valence-corrected chi connectivity index (χ2v) is 7.97. The van der Waals surface area contributed by atoms with Gasteiger partial charge in [0.15, 0.2) is 5.82 Å². The Labute approximate surface area is 139 Å². The normalized spacial score (nSPS) is 15.4. The molecule has 1 aliphatic rings. The van der Waals surface area contributed by atoms with Crippen LogP contribution in [-0.2, 0) is 12.0 Å². The second kappa shape index (κ2) is 5.68. The predicted molar refractivity (Wildman–Crippen MR) is 92.6 cm³/mol. The van der Waals surface area contributed by atoms with Crippen LogP contribution in [0.1, 0.15) is 44.9 Å². The zero-order valence-corrected chi connectivity index (χ0v) is 14.9. The van der Waals surface area contributed by atoms with Crippen LogP contribution >= 0.6 is 22.6 Å². The molecule has 0 saturated heterocycles. The number of hydrogen-bond acceptors (Lipinski definition) is 3. The zero-order chi connectivity index (χ0) is 15.0. The number of rotatable bonds is 4. The third kappa shape index (κ3) is 3.83. The molecule has 0 atom stereocenters. The molecule has 0 amide bonds. The van der Waals surface area contributed by atoms with Crippen LogP contribution in [-0.4, -0.2) is 20.8 Å². The smallest absolute Gasteiger partial charge is 0.153 e. The van der Waals surface area contributed by atoms with Crippen molar-refractivity contribution in [2.45, 2.75) is 51.6 Å². The average molecular weight is 396 g/mol. The van der Waals surface area contributed by atoms with Crippen LogP contribution < -0.4 is 5.32 Å². The summed E-state index contributed by atoms with van der Waals surface area (Å²) in [4.78, 5) is 4.80. The summed E-state index contributed by atoms with van der Waals surface area (Å²) in [5.74, 6) is 0.901. The standard InChI is InChI=1S/C16H21IN4/c1-16(2,3)14-6-11(8-18-13-4-5-13)7-15(20-14)21-10-12(17)9-19-21/h6-7,9-10,13,18H,4-5,8H2,1-3H3. The monoisotopic (exact) mass is 396 g/mol. The molecule has 2 aromatic rings. The summed E-state index contributed by atoms with van der Waals surface area (Å²) in [7, 11) is 0. The molecule has 1 saturated carbocycles. The largest absolute Gasteiger partial charge is 0.310 e. The second-order valence-electron chi connectivity index (χ2n) is 6.73. The van der Waals surface area contributed by atoms with Crippen LogP contribution in [0.15, 0.2) is 24.5 Å². The highest BCUT2D eigenvalue weighted by Crippen LogP contribution is 2.24. The van der Waals surface area contributed by atoms with Crippen LogP contribution in [0.5, 0.6) is 0 Å². The first-order valence-corrected chi connectivity index (χ1v) is 8.45. The van der Waals surface area contributed by atoms with Crippen molar-refractivity contribution in [2.24, 2.45) is 0 Å². The van der Waals surface area contributed by atoms with E-state index in [1.807, 2.05) is 17.1 Å². The van der Waals surface area contributed by atoms with Crippen LogP contribution in [0.2, 0.25) is 0 Å². The van der Waals surface area contributed by atoms with E-state index in [1.54, 1.807) is 0 Å². The van der Waals surface area contributed by atoms with Gasteiger partial charge in [0.25, 0.3) is 0 Å². The Hall–Kier alpha value is -0.950. The van der Waals surface area contributed by atoms with Crippen molar-refractivity contribution in [2.75, 3.05) is 0 Å². The van der Waals surface area contributed by atoms with E-state index in [-0.39, 0.29) is 5.41 Å². The van der Waals surface area contributed by atoms with Crippen molar-refractivity contribution in [3.8, 4) is 5.82 Å². The Kier molecular flexibility index (Phi) is 4.05. The van der Waals surface area contributed by atoms with Gasteiger partial charge in [-0.2, -0.15) is 5.10 Å². The molecule has 3 rings (SSSR count). The molecule has 1 fully saturated rings. The van der Waals surface area contributed by atoms with Crippen molar-refractivity contribution in [3.05, 3.63) is 39.4 Å². The van der Waals surface area contributed by atoms with Crippen LogP contribution in [0.4, 0.5) is 0 Å². The number of pyridine rings is 1. The van der Waals surface area contributed by atoms with Gasteiger partial charge in [-0.15, -0.1) is 0 Å². The lowest BCUT2D eigenvalue weighted by molar-refractivity contribution is 0.563. The van der Waals surface area contributed by atoms with E-state index in [2.05, 4.69) is 65.9 Å². The Morgan fingerprint density at radius 3 is 2.67 bits per heavy atom. The highest BCUT2D eigenvalue weighted by Gasteiger charge is 2.21. The molecule has 21 heavy (non-hydrogen) atoms. The van der Waals surface area contributed by atoms with Gasteiger partial charge in [0.1, 0.15) is 0 Å². The summed E-state index contributed by atoms with van der Waals surface area (Å²) in [6.45, 7) is 7.50. The first-order chi connectivity index (χ1) is 9.91. The van der Waals surface area contributed by atoms with E-state index in [9.17, 15) is 0 Å². The summed E-state index contributed by atoms with van der Waals surface area (Å²) in [6.07, 6.45) is 6.48. The van der Waals surface area contributed by atoms with Gasteiger partial charge in [-0.25, -0.2) is 9.67 Å². The maximum atomic E-state index is 4.80. The van der Waals surface area contributed by atoms with Crippen LogP contribution in [0, 0.1) is 3.57 Å². The number of halogens is 1. The molecule has 0 spiro atoms. The Morgan fingerprint density at radius 1 is 1.33 bits per heavy atom. The van der Waals surface area contributed by atoms with Gasteiger partial charge in [0.2, 0.25) is 0 Å². The molecular formula is C16H21IN4. The van der Waals surface area contributed by atoms with Crippen molar-refractivity contribution in [1.82, 2.24) is 20.1 Å². The average Bonchev–Trinajstić information content (AvgIpc) is 3.15. The van der Waals surface area contributed by atoms with Crippen molar-refractivity contribution in [1.29, 1.82) is 0 Å². The lowest BCUT2D eigenvalue weighted by Crippen LogP contribution is -2.19. The molecular weight excluding hydrogens is 375 g/mol. The molecule has 2 aromatic heterocycles. The summed E-state index contributed by atoms with van der Waals surface area (Å²) in [5, 5.41) is 7.96. The maximum absolute atomic E-state index is 4.80. The molecule has 1 aliphatic carbocycles. The molecule has 0 aromatic carbocycles. The predicted octanol–water partition coefficient (Wildman–Crippen LogP) is 3.42. The fourth-order valence-electron chi connectivity index (χ4n) is 2.15. The summed E-state index contributed by atoms with van der Waals surface area (Å²) >= 11 is 2.27. The van der Waals surface area contributed by atoms with Crippen molar-refractivity contribution >= 4 is 22.6 Å². The first-order valence-electron chi connectivity index (χ1n) is 7.37. The number of aromatic nitrogens is 3. The van der Waals surface area contributed by atoms with E-state index in [4.69, 9.17) is 4.98 Å². The van der Waals surface area contributed by atoms with E-state index in [1.165, 1.54) is 18.4 Å². The molecule has 0 bridgehead atoms. The molecule has 1 N–H and O–H groups in total. The van der Waals surface area contributed by atoms with Crippen molar-refractivity contribution in [3.63, 3.8) is 0 Å². The number of nitrogens with one attached hydrogen (secondary N) is 1. The van der Waals surface area contributed by atoms with E-state index in [0.717, 1.165) is 21.6 Å². The maximum Gasteiger partial charge on any atom is 0.153 e. The molecule has 5 heteroatoms. The van der Waals surface area contributed by atoms with Gasteiger partial charge in [0, 0.05) is 29.9 Å². The van der Waals surface area contributed by atoms with Gasteiger partial charge in [0.05, 0.1) is 9.77 Å². The lowest BCUT2D eigenvalue weighted by Gasteiger charge is -2.20. The zero-order valence-electron chi connectivity index (χ0n) is 12.7. The van der Waals surface area contributed by atoms with E-state index >= 15 is 0 Å². The Balaban J connectivity index is 1.95. The number of hydrogen-bond donors (Lipinski definition) is 1. The third-order valence-electron chi connectivity index (χ3n) is 3.60. The fraction of sp³-hybridized carbons (Fsp3) is 0.500. The summed E-state index contributed by atoms with van der Waals surface area (Å²) in [6, 6.07) is 5.06. The first kappa shape index (κ1) is 15.0. The summed E-state index contributed by atoms with van der Waals surface area (Å²) in [5.41, 5.74) is 2.42. The topological polar surface area (TPSA) is 42.7 Å². The number of nitrogens with zero attached hydrogens (tertiary/aromatic N) is 3. The molecule has 2 heterocycles. The van der Waals surface area contributed by atoms with E-state index in [0.29, 0.717) is 6.04 Å². The van der Waals surface area contributed by atoms with Crippen LogP contribution in [0.3, 0.4) is 0 Å². The van der Waals surface area contributed by atoms with Gasteiger partial charge in [-0.05, 0) is 53.1 Å². The minimum Gasteiger partial charge on any atom is -0.310 e. The summed E-state index contributed by atoms with van der Waals surface area (Å²) < 4.78 is 2.98. The Morgan fingerprint density at radius 2 is 2.10 bits per heavy atom. The quantitative estimate of drug-likeness (QED) is 0.806. The highest BCUT2D eigenvalue weighted by atomic mass is 127. The fourth-order valence-corrected chi connectivity index (χ4v) is 2.54. The van der Waals surface area contributed by atoms with Crippen LogP contribution in [0.25, 0.3) is 5.82 Å². The van der Waals surface area contributed by atoms with Gasteiger partial charge >= 0.3 is 0 Å².